The first kappa shape index (κ1) is 10.5. The van der Waals surface area contributed by atoms with Crippen molar-refractivity contribution in [2.75, 3.05) is 26.3 Å². The lowest BCUT2D eigenvalue weighted by atomic mass is 9.98. The minimum Gasteiger partial charge on any atom is -0.481 e. The number of hydrogen-bond acceptors (Lipinski definition) is 3. The van der Waals surface area contributed by atoms with Crippen LogP contribution in [0.5, 0.6) is 0 Å². The fourth-order valence-electron chi connectivity index (χ4n) is 1.65. The molecule has 0 bridgehead atoms. The first-order valence-corrected chi connectivity index (χ1v) is 4.57. The minimum absolute atomic E-state index is 0.188. The summed E-state index contributed by atoms with van der Waals surface area (Å²) in [5, 5.41) is 8.72. The van der Waals surface area contributed by atoms with Gasteiger partial charge in [0.15, 0.2) is 0 Å². The summed E-state index contributed by atoms with van der Waals surface area (Å²) in [6.07, 6.45) is 0.188. The standard InChI is InChI=1S/C9H17NO3/c1-9(2,7-8(11)12)10-3-5-13-6-4-10/h3-7H2,1-2H3,(H,11,12). The second kappa shape index (κ2) is 4.07. The van der Waals surface area contributed by atoms with Gasteiger partial charge in [0.1, 0.15) is 0 Å². The number of hydrogen-bond donors (Lipinski definition) is 1. The smallest absolute Gasteiger partial charge is 0.305 e. The van der Waals surface area contributed by atoms with E-state index >= 15 is 0 Å². The molecule has 1 saturated heterocycles. The van der Waals surface area contributed by atoms with Gasteiger partial charge in [-0.1, -0.05) is 0 Å². The second-order valence-electron chi connectivity index (χ2n) is 3.98. The first-order chi connectivity index (χ1) is 6.02. The SMILES string of the molecule is CC(C)(CC(=O)O)N1CCOCC1. The number of rotatable bonds is 3. The van der Waals surface area contributed by atoms with Crippen molar-refractivity contribution in [1.82, 2.24) is 4.90 Å². The average molecular weight is 187 g/mol. The molecule has 0 aromatic carbocycles. The van der Waals surface area contributed by atoms with Gasteiger partial charge in [0.25, 0.3) is 0 Å². The van der Waals surface area contributed by atoms with Crippen LogP contribution in [-0.2, 0) is 9.53 Å². The van der Waals surface area contributed by atoms with Gasteiger partial charge in [-0.3, -0.25) is 9.69 Å². The van der Waals surface area contributed by atoms with Crippen LogP contribution in [0.3, 0.4) is 0 Å². The molecule has 0 aromatic rings. The Morgan fingerprint density at radius 3 is 2.46 bits per heavy atom. The Balaban J connectivity index is 2.50. The van der Waals surface area contributed by atoms with Crippen molar-refractivity contribution in [3.05, 3.63) is 0 Å². The summed E-state index contributed by atoms with van der Waals surface area (Å²) in [6.45, 7) is 7.02. The quantitative estimate of drug-likeness (QED) is 0.702. The molecule has 13 heavy (non-hydrogen) atoms. The molecule has 1 rings (SSSR count). The lowest BCUT2D eigenvalue weighted by Crippen LogP contribution is -2.50. The number of carboxylic acid groups (broad SMARTS) is 1. The van der Waals surface area contributed by atoms with Crippen molar-refractivity contribution in [2.24, 2.45) is 0 Å². The van der Waals surface area contributed by atoms with Gasteiger partial charge in [-0.15, -0.1) is 0 Å². The Bertz CT molecular complexity index is 185. The highest BCUT2D eigenvalue weighted by molar-refractivity contribution is 5.68. The van der Waals surface area contributed by atoms with E-state index in [4.69, 9.17) is 9.84 Å². The number of carbonyl (C=O) groups is 1. The van der Waals surface area contributed by atoms with Crippen LogP contribution in [-0.4, -0.2) is 47.8 Å². The van der Waals surface area contributed by atoms with Crippen LogP contribution in [0.2, 0.25) is 0 Å². The molecular formula is C9H17NO3. The lowest BCUT2D eigenvalue weighted by molar-refractivity contribution is -0.140. The number of nitrogens with zero attached hydrogens (tertiary/aromatic N) is 1. The topological polar surface area (TPSA) is 49.8 Å². The second-order valence-corrected chi connectivity index (χ2v) is 3.98. The third kappa shape index (κ3) is 2.97. The molecule has 0 unspecified atom stereocenters. The third-order valence-corrected chi connectivity index (χ3v) is 2.45. The van der Waals surface area contributed by atoms with Crippen molar-refractivity contribution in [2.45, 2.75) is 25.8 Å². The van der Waals surface area contributed by atoms with Crippen molar-refractivity contribution in [3.8, 4) is 0 Å². The minimum atomic E-state index is -0.739. The van der Waals surface area contributed by atoms with E-state index < -0.39 is 5.97 Å². The van der Waals surface area contributed by atoms with Crippen molar-refractivity contribution in [1.29, 1.82) is 0 Å². The molecule has 1 N–H and O–H groups in total. The Hall–Kier alpha value is -0.610. The van der Waals surface area contributed by atoms with Gasteiger partial charge in [-0.25, -0.2) is 0 Å². The summed E-state index contributed by atoms with van der Waals surface area (Å²) in [5.74, 6) is -0.739. The molecule has 0 atom stereocenters. The molecule has 1 aliphatic heterocycles. The Morgan fingerprint density at radius 1 is 1.46 bits per heavy atom. The molecule has 0 spiro atoms. The maximum Gasteiger partial charge on any atom is 0.305 e. The number of aliphatic carboxylic acids is 1. The number of ether oxygens (including phenoxy) is 1. The van der Waals surface area contributed by atoms with Crippen LogP contribution in [0.25, 0.3) is 0 Å². The highest BCUT2D eigenvalue weighted by atomic mass is 16.5. The fraction of sp³-hybridized carbons (Fsp3) is 0.889. The molecule has 1 fully saturated rings. The summed E-state index contributed by atoms with van der Waals surface area (Å²) in [7, 11) is 0. The van der Waals surface area contributed by atoms with Gasteiger partial charge >= 0.3 is 5.97 Å². The summed E-state index contributed by atoms with van der Waals surface area (Å²) in [4.78, 5) is 12.8. The zero-order valence-electron chi connectivity index (χ0n) is 8.25. The molecule has 4 nitrogen and oxygen atoms in total. The summed E-state index contributed by atoms with van der Waals surface area (Å²) in [5.41, 5.74) is -0.254. The summed E-state index contributed by atoms with van der Waals surface area (Å²) < 4.78 is 5.21. The molecule has 0 aromatic heterocycles. The van der Waals surface area contributed by atoms with Gasteiger partial charge in [0, 0.05) is 18.6 Å². The normalized spacial score (nSPS) is 20.2. The molecule has 1 heterocycles. The van der Waals surface area contributed by atoms with Crippen molar-refractivity contribution in [3.63, 3.8) is 0 Å². The predicted molar refractivity (Wildman–Crippen MR) is 48.7 cm³/mol. The van der Waals surface area contributed by atoms with Crippen LogP contribution < -0.4 is 0 Å². The molecular weight excluding hydrogens is 170 g/mol. The fourth-order valence-corrected chi connectivity index (χ4v) is 1.65. The Kier molecular flexibility index (Phi) is 3.27. The highest BCUT2D eigenvalue weighted by Gasteiger charge is 2.30. The van der Waals surface area contributed by atoms with Crippen molar-refractivity contribution >= 4 is 5.97 Å². The number of carboxylic acids is 1. The molecule has 0 aliphatic carbocycles. The van der Waals surface area contributed by atoms with Crippen LogP contribution in [0.1, 0.15) is 20.3 Å². The lowest BCUT2D eigenvalue weighted by Gasteiger charge is -2.39. The van der Waals surface area contributed by atoms with Crippen molar-refractivity contribution < 1.29 is 14.6 Å². The van der Waals surface area contributed by atoms with E-state index in [1.807, 2.05) is 13.8 Å². The molecule has 1 aliphatic rings. The van der Waals surface area contributed by atoms with E-state index in [-0.39, 0.29) is 12.0 Å². The van der Waals surface area contributed by atoms with Crippen LogP contribution in [0.4, 0.5) is 0 Å². The van der Waals surface area contributed by atoms with E-state index in [1.54, 1.807) is 0 Å². The Morgan fingerprint density at radius 2 is 2.00 bits per heavy atom. The first-order valence-electron chi connectivity index (χ1n) is 4.57. The summed E-state index contributed by atoms with van der Waals surface area (Å²) >= 11 is 0. The monoisotopic (exact) mass is 187 g/mol. The largest absolute Gasteiger partial charge is 0.481 e. The maximum absolute atomic E-state index is 10.6. The van der Waals surface area contributed by atoms with E-state index in [9.17, 15) is 4.79 Å². The van der Waals surface area contributed by atoms with E-state index in [1.165, 1.54) is 0 Å². The molecule has 0 radical (unpaired) electrons. The van der Waals surface area contributed by atoms with Gasteiger partial charge in [0.2, 0.25) is 0 Å². The number of morpholine rings is 1. The van der Waals surface area contributed by atoms with E-state index in [0.717, 1.165) is 13.1 Å². The molecule has 4 heteroatoms. The zero-order valence-corrected chi connectivity index (χ0v) is 8.25. The zero-order chi connectivity index (χ0) is 9.90. The van der Waals surface area contributed by atoms with Crippen LogP contribution in [0.15, 0.2) is 0 Å². The highest BCUT2D eigenvalue weighted by Crippen LogP contribution is 2.19. The van der Waals surface area contributed by atoms with Gasteiger partial charge < -0.3 is 9.84 Å². The van der Waals surface area contributed by atoms with Gasteiger partial charge in [0.05, 0.1) is 19.6 Å². The maximum atomic E-state index is 10.6. The van der Waals surface area contributed by atoms with Gasteiger partial charge in [-0.05, 0) is 13.8 Å². The van der Waals surface area contributed by atoms with Gasteiger partial charge in [-0.2, -0.15) is 0 Å². The van der Waals surface area contributed by atoms with Crippen LogP contribution in [0, 0.1) is 0 Å². The predicted octanol–water partition coefficient (Wildman–Crippen LogP) is 0.572. The third-order valence-electron chi connectivity index (χ3n) is 2.45. The summed E-state index contributed by atoms with van der Waals surface area (Å²) in [6, 6.07) is 0. The average Bonchev–Trinajstić information content (AvgIpc) is 2.04. The Labute approximate surface area is 78.5 Å². The molecule has 0 saturated carbocycles. The van der Waals surface area contributed by atoms with Crippen LogP contribution >= 0.6 is 0 Å². The van der Waals surface area contributed by atoms with E-state index in [2.05, 4.69) is 4.90 Å². The molecule has 0 amide bonds. The molecule has 76 valence electrons. The van der Waals surface area contributed by atoms with E-state index in [0.29, 0.717) is 13.2 Å².